The zero-order chi connectivity index (χ0) is 15.4. The molecule has 2 atom stereocenters. The zero-order valence-electron chi connectivity index (χ0n) is 11.7. The summed E-state index contributed by atoms with van der Waals surface area (Å²) in [6, 6.07) is 0. The van der Waals surface area contributed by atoms with Gasteiger partial charge in [0, 0.05) is 0 Å². The lowest BCUT2D eigenvalue weighted by atomic mass is 10.3. The summed E-state index contributed by atoms with van der Waals surface area (Å²) in [5, 5.41) is 17.7. The molecular formula is C12H22O8. The van der Waals surface area contributed by atoms with E-state index in [-0.39, 0.29) is 26.4 Å². The van der Waals surface area contributed by atoms with Gasteiger partial charge in [0.25, 0.3) is 0 Å². The summed E-state index contributed by atoms with van der Waals surface area (Å²) in [6.07, 6.45) is -2.17. The highest BCUT2D eigenvalue weighted by Gasteiger charge is 2.07. The summed E-state index contributed by atoms with van der Waals surface area (Å²) in [5.41, 5.74) is 0. The third-order valence-electron chi connectivity index (χ3n) is 1.86. The molecule has 0 aromatic carbocycles. The molecule has 0 fully saturated rings. The maximum Gasteiger partial charge on any atom is 0.508 e. The first-order valence-electron chi connectivity index (χ1n) is 6.37. The molecule has 0 aliphatic heterocycles. The van der Waals surface area contributed by atoms with Crippen molar-refractivity contribution in [3.63, 3.8) is 0 Å². The Balaban J connectivity index is 3.35. The SMILES string of the molecule is CC(O)COC(=O)OCCCCOC(=O)OCC(C)O. The largest absolute Gasteiger partial charge is 0.508 e. The molecule has 0 saturated carbocycles. The standard InChI is InChI=1S/C12H22O8/c1-9(13)7-19-11(15)17-5-3-4-6-18-12(16)20-8-10(2)14/h9-10,13-14H,3-8H2,1-2H3. The van der Waals surface area contributed by atoms with Gasteiger partial charge in [-0.2, -0.15) is 0 Å². The lowest BCUT2D eigenvalue weighted by Crippen LogP contribution is -2.17. The van der Waals surface area contributed by atoms with Gasteiger partial charge in [-0.25, -0.2) is 9.59 Å². The Morgan fingerprint density at radius 1 is 0.800 bits per heavy atom. The number of hydrogen-bond donors (Lipinski definition) is 2. The molecule has 0 saturated heterocycles. The summed E-state index contributed by atoms with van der Waals surface area (Å²) in [7, 11) is 0. The fraction of sp³-hybridized carbons (Fsp3) is 0.833. The van der Waals surface area contributed by atoms with E-state index in [9.17, 15) is 9.59 Å². The van der Waals surface area contributed by atoms with Crippen LogP contribution in [0.25, 0.3) is 0 Å². The van der Waals surface area contributed by atoms with E-state index in [0.29, 0.717) is 12.8 Å². The van der Waals surface area contributed by atoms with Gasteiger partial charge < -0.3 is 29.2 Å². The normalized spacial score (nSPS) is 13.2. The number of rotatable bonds is 9. The van der Waals surface area contributed by atoms with Gasteiger partial charge in [0.15, 0.2) is 0 Å². The van der Waals surface area contributed by atoms with Crippen LogP contribution in [0.5, 0.6) is 0 Å². The van der Waals surface area contributed by atoms with E-state index < -0.39 is 24.5 Å². The lowest BCUT2D eigenvalue weighted by Gasteiger charge is -2.08. The fourth-order valence-electron chi connectivity index (χ4n) is 0.976. The van der Waals surface area contributed by atoms with Crippen molar-refractivity contribution in [2.75, 3.05) is 26.4 Å². The molecule has 0 radical (unpaired) electrons. The molecular weight excluding hydrogens is 272 g/mol. The third-order valence-corrected chi connectivity index (χ3v) is 1.86. The van der Waals surface area contributed by atoms with Gasteiger partial charge in [0.2, 0.25) is 0 Å². The van der Waals surface area contributed by atoms with Crippen LogP contribution in [0.15, 0.2) is 0 Å². The second-order valence-electron chi connectivity index (χ2n) is 4.22. The molecule has 0 spiro atoms. The van der Waals surface area contributed by atoms with E-state index in [1.807, 2.05) is 0 Å². The van der Waals surface area contributed by atoms with Gasteiger partial charge in [-0.05, 0) is 26.7 Å². The first kappa shape index (κ1) is 18.5. The van der Waals surface area contributed by atoms with Crippen molar-refractivity contribution in [1.82, 2.24) is 0 Å². The smallest absolute Gasteiger partial charge is 0.434 e. The summed E-state index contributed by atoms with van der Waals surface area (Å²) in [6.45, 7) is 3.01. The zero-order valence-corrected chi connectivity index (χ0v) is 11.7. The van der Waals surface area contributed by atoms with Gasteiger partial charge in [-0.1, -0.05) is 0 Å². The van der Waals surface area contributed by atoms with Crippen LogP contribution < -0.4 is 0 Å². The van der Waals surface area contributed by atoms with Crippen molar-refractivity contribution in [2.24, 2.45) is 0 Å². The van der Waals surface area contributed by atoms with Crippen LogP contribution in [-0.2, 0) is 18.9 Å². The average molecular weight is 294 g/mol. The molecule has 0 aliphatic carbocycles. The number of carbonyl (C=O) groups excluding carboxylic acids is 2. The first-order valence-corrected chi connectivity index (χ1v) is 6.37. The highest BCUT2D eigenvalue weighted by Crippen LogP contribution is 1.96. The summed E-state index contributed by atoms with van der Waals surface area (Å²) >= 11 is 0. The first-order chi connectivity index (χ1) is 9.41. The molecule has 0 bridgehead atoms. The minimum atomic E-state index is -0.844. The molecule has 2 unspecified atom stereocenters. The van der Waals surface area contributed by atoms with E-state index in [0.717, 1.165) is 0 Å². The fourth-order valence-corrected chi connectivity index (χ4v) is 0.976. The number of unbranched alkanes of at least 4 members (excludes halogenated alkanes) is 1. The molecule has 118 valence electrons. The Morgan fingerprint density at radius 3 is 1.45 bits per heavy atom. The molecule has 8 nitrogen and oxygen atoms in total. The van der Waals surface area contributed by atoms with Crippen molar-refractivity contribution in [1.29, 1.82) is 0 Å². The van der Waals surface area contributed by atoms with Gasteiger partial charge in [0.05, 0.1) is 25.4 Å². The van der Waals surface area contributed by atoms with Gasteiger partial charge >= 0.3 is 12.3 Å². The van der Waals surface area contributed by atoms with Crippen LogP contribution in [-0.4, -0.2) is 61.2 Å². The van der Waals surface area contributed by atoms with Crippen LogP contribution in [0.4, 0.5) is 9.59 Å². The maximum atomic E-state index is 11.0. The van der Waals surface area contributed by atoms with Crippen molar-refractivity contribution >= 4 is 12.3 Å². The van der Waals surface area contributed by atoms with Crippen molar-refractivity contribution in [3.8, 4) is 0 Å². The highest BCUT2D eigenvalue weighted by atomic mass is 16.7. The Kier molecular flexibility index (Phi) is 10.4. The second kappa shape index (κ2) is 11.3. The van der Waals surface area contributed by atoms with Crippen LogP contribution in [0.1, 0.15) is 26.7 Å². The van der Waals surface area contributed by atoms with E-state index >= 15 is 0 Å². The van der Waals surface area contributed by atoms with Crippen molar-refractivity contribution < 1.29 is 38.7 Å². The topological polar surface area (TPSA) is 112 Å². The summed E-state index contributed by atoms with van der Waals surface area (Å²) < 4.78 is 18.5. The van der Waals surface area contributed by atoms with Crippen molar-refractivity contribution in [3.05, 3.63) is 0 Å². The quantitative estimate of drug-likeness (QED) is 0.475. The molecule has 0 aromatic rings. The summed E-state index contributed by atoms with van der Waals surface area (Å²) in [4.78, 5) is 21.9. The monoisotopic (exact) mass is 294 g/mol. The number of aliphatic hydroxyl groups excluding tert-OH is 2. The molecule has 20 heavy (non-hydrogen) atoms. The predicted octanol–water partition coefficient (Wildman–Crippen LogP) is 0.835. The Bertz CT molecular complexity index is 249. The van der Waals surface area contributed by atoms with E-state index in [1.165, 1.54) is 13.8 Å². The van der Waals surface area contributed by atoms with Gasteiger partial charge in [-0.3, -0.25) is 0 Å². The van der Waals surface area contributed by atoms with Crippen LogP contribution in [0, 0.1) is 0 Å². The van der Waals surface area contributed by atoms with E-state index in [2.05, 4.69) is 9.47 Å². The molecule has 0 amide bonds. The number of hydrogen-bond acceptors (Lipinski definition) is 8. The van der Waals surface area contributed by atoms with E-state index in [4.69, 9.17) is 19.7 Å². The maximum absolute atomic E-state index is 11.0. The molecule has 8 heteroatoms. The molecule has 2 N–H and O–H groups in total. The molecule has 0 heterocycles. The van der Waals surface area contributed by atoms with Crippen LogP contribution >= 0.6 is 0 Å². The second-order valence-corrected chi connectivity index (χ2v) is 4.22. The Morgan fingerprint density at radius 2 is 1.15 bits per heavy atom. The minimum absolute atomic E-state index is 0.114. The number of carbonyl (C=O) groups is 2. The van der Waals surface area contributed by atoms with Crippen LogP contribution in [0.3, 0.4) is 0 Å². The van der Waals surface area contributed by atoms with E-state index in [1.54, 1.807) is 0 Å². The number of aliphatic hydroxyl groups is 2. The third kappa shape index (κ3) is 12.9. The Labute approximate surface area is 117 Å². The average Bonchev–Trinajstić information content (AvgIpc) is 2.37. The van der Waals surface area contributed by atoms with Crippen LogP contribution in [0.2, 0.25) is 0 Å². The molecule has 0 aliphatic rings. The Hall–Kier alpha value is -1.54. The predicted molar refractivity (Wildman–Crippen MR) is 67.2 cm³/mol. The molecule has 0 rings (SSSR count). The highest BCUT2D eigenvalue weighted by molar-refractivity contribution is 5.60. The summed E-state index contributed by atoms with van der Waals surface area (Å²) in [5.74, 6) is 0. The van der Waals surface area contributed by atoms with Crippen molar-refractivity contribution in [2.45, 2.75) is 38.9 Å². The number of ether oxygens (including phenoxy) is 4. The lowest BCUT2D eigenvalue weighted by molar-refractivity contribution is 0.0165. The minimum Gasteiger partial charge on any atom is -0.434 e. The van der Waals surface area contributed by atoms with Gasteiger partial charge in [-0.15, -0.1) is 0 Å². The molecule has 0 aromatic heterocycles. The van der Waals surface area contributed by atoms with Gasteiger partial charge in [0.1, 0.15) is 13.2 Å².